The minimum Gasteiger partial charge on any atom is -0.493 e. The molecule has 7 nitrogen and oxygen atoms in total. The van der Waals surface area contributed by atoms with Gasteiger partial charge in [-0.25, -0.2) is 4.98 Å². The Morgan fingerprint density at radius 2 is 2.07 bits per heavy atom. The molecule has 27 heavy (non-hydrogen) atoms. The van der Waals surface area contributed by atoms with Crippen LogP contribution in [0.1, 0.15) is 36.0 Å². The van der Waals surface area contributed by atoms with Crippen molar-refractivity contribution in [3.8, 4) is 11.5 Å². The number of thiazole rings is 1. The number of ether oxygens (including phenoxy) is 2. The zero-order chi connectivity index (χ0) is 19.6. The SMILES string of the molecule is CCCCOc1ccc(CNC(=O)Cc2nc(CC(=O)O)cs2)cc1OC. The average Bonchev–Trinajstić information content (AvgIpc) is 3.06. The number of nitrogens with zero attached hydrogens (tertiary/aromatic N) is 1. The third kappa shape index (κ3) is 6.90. The van der Waals surface area contributed by atoms with E-state index in [1.165, 1.54) is 11.3 Å². The van der Waals surface area contributed by atoms with Gasteiger partial charge < -0.3 is 19.9 Å². The maximum atomic E-state index is 12.1. The highest BCUT2D eigenvalue weighted by Crippen LogP contribution is 2.28. The van der Waals surface area contributed by atoms with Crippen LogP contribution < -0.4 is 14.8 Å². The van der Waals surface area contributed by atoms with Crippen LogP contribution in [0.25, 0.3) is 0 Å². The summed E-state index contributed by atoms with van der Waals surface area (Å²) >= 11 is 1.29. The molecule has 0 fully saturated rings. The van der Waals surface area contributed by atoms with Crippen LogP contribution in [0.5, 0.6) is 11.5 Å². The molecule has 146 valence electrons. The smallest absolute Gasteiger partial charge is 0.309 e. The van der Waals surface area contributed by atoms with E-state index in [-0.39, 0.29) is 18.7 Å². The van der Waals surface area contributed by atoms with Gasteiger partial charge in [-0.05, 0) is 24.1 Å². The van der Waals surface area contributed by atoms with Gasteiger partial charge in [0.25, 0.3) is 0 Å². The molecule has 0 spiro atoms. The molecule has 2 rings (SSSR count). The van der Waals surface area contributed by atoms with E-state index in [9.17, 15) is 9.59 Å². The number of benzene rings is 1. The highest BCUT2D eigenvalue weighted by Gasteiger charge is 2.11. The van der Waals surface area contributed by atoms with Crippen molar-refractivity contribution in [2.24, 2.45) is 0 Å². The number of rotatable bonds is 11. The van der Waals surface area contributed by atoms with Crippen molar-refractivity contribution in [1.29, 1.82) is 0 Å². The van der Waals surface area contributed by atoms with E-state index < -0.39 is 5.97 Å². The molecule has 2 N–H and O–H groups in total. The molecule has 1 heterocycles. The van der Waals surface area contributed by atoms with Gasteiger partial charge in [-0.3, -0.25) is 9.59 Å². The molecule has 0 aliphatic rings. The molecule has 0 atom stereocenters. The molecular formula is C19H24N2O5S. The maximum Gasteiger partial charge on any atom is 0.309 e. The summed E-state index contributed by atoms with van der Waals surface area (Å²) in [5.74, 6) is 0.215. The molecule has 0 bridgehead atoms. The van der Waals surface area contributed by atoms with Crippen molar-refractivity contribution in [2.75, 3.05) is 13.7 Å². The van der Waals surface area contributed by atoms with Crippen molar-refractivity contribution >= 4 is 23.2 Å². The Hall–Kier alpha value is -2.61. The van der Waals surface area contributed by atoms with Gasteiger partial charge in [0.2, 0.25) is 5.91 Å². The molecule has 0 aliphatic heterocycles. The standard InChI is InChI=1S/C19H24N2O5S/c1-3-4-7-26-15-6-5-13(8-16(15)25-2)11-20-17(22)10-18-21-14(12-27-18)9-19(23)24/h5-6,8,12H,3-4,7,9-11H2,1-2H3,(H,20,22)(H,23,24). The number of hydrogen-bond acceptors (Lipinski definition) is 6. The number of aromatic nitrogens is 1. The number of nitrogens with one attached hydrogen (secondary N) is 1. The van der Waals surface area contributed by atoms with E-state index in [0.29, 0.717) is 35.4 Å². The second kappa shape index (κ2) is 10.5. The van der Waals surface area contributed by atoms with Gasteiger partial charge in [0.1, 0.15) is 5.01 Å². The number of aliphatic carboxylic acids is 1. The molecule has 0 unspecified atom stereocenters. The highest BCUT2D eigenvalue weighted by molar-refractivity contribution is 7.09. The molecule has 8 heteroatoms. The molecule has 0 aliphatic carbocycles. The molecule has 1 aromatic carbocycles. The lowest BCUT2D eigenvalue weighted by Gasteiger charge is -2.12. The van der Waals surface area contributed by atoms with Gasteiger partial charge in [0, 0.05) is 11.9 Å². The van der Waals surface area contributed by atoms with Gasteiger partial charge in [-0.2, -0.15) is 0 Å². The molecule has 1 aromatic heterocycles. The summed E-state index contributed by atoms with van der Waals surface area (Å²) in [5.41, 5.74) is 1.37. The number of methoxy groups -OCH3 is 1. The van der Waals surface area contributed by atoms with E-state index >= 15 is 0 Å². The number of carbonyl (C=O) groups is 2. The van der Waals surface area contributed by atoms with Gasteiger partial charge in [0.15, 0.2) is 11.5 Å². The van der Waals surface area contributed by atoms with Gasteiger partial charge in [-0.15, -0.1) is 11.3 Å². The lowest BCUT2D eigenvalue weighted by atomic mass is 10.2. The monoisotopic (exact) mass is 392 g/mol. The largest absolute Gasteiger partial charge is 0.493 e. The molecule has 0 saturated heterocycles. The lowest BCUT2D eigenvalue weighted by Crippen LogP contribution is -2.24. The molecule has 1 amide bonds. The summed E-state index contributed by atoms with van der Waals surface area (Å²) in [6.45, 7) is 3.10. The topological polar surface area (TPSA) is 97.8 Å². The van der Waals surface area contributed by atoms with Crippen molar-refractivity contribution in [3.63, 3.8) is 0 Å². The second-order valence-electron chi connectivity index (χ2n) is 5.94. The maximum absolute atomic E-state index is 12.1. The first-order valence-corrected chi connectivity index (χ1v) is 9.61. The Morgan fingerprint density at radius 1 is 1.26 bits per heavy atom. The summed E-state index contributed by atoms with van der Waals surface area (Å²) in [7, 11) is 1.58. The van der Waals surface area contributed by atoms with Crippen LogP contribution >= 0.6 is 11.3 Å². The fourth-order valence-corrected chi connectivity index (χ4v) is 3.13. The molecule has 0 saturated carbocycles. The quantitative estimate of drug-likeness (QED) is 0.571. The van der Waals surface area contributed by atoms with E-state index in [2.05, 4.69) is 17.2 Å². The summed E-state index contributed by atoms with van der Waals surface area (Å²) < 4.78 is 11.1. The van der Waals surface area contributed by atoms with Crippen molar-refractivity contribution in [3.05, 3.63) is 39.8 Å². The zero-order valence-electron chi connectivity index (χ0n) is 15.5. The Morgan fingerprint density at radius 3 is 2.78 bits per heavy atom. The number of hydrogen-bond donors (Lipinski definition) is 2. The third-order valence-corrected chi connectivity index (χ3v) is 4.61. The van der Waals surface area contributed by atoms with E-state index in [1.807, 2.05) is 18.2 Å². The van der Waals surface area contributed by atoms with Gasteiger partial charge in [0.05, 0.1) is 32.3 Å². The first-order valence-electron chi connectivity index (χ1n) is 8.73. The lowest BCUT2D eigenvalue weighted by molar-refractivity contribution is -0.136. The fraction of sp³-hybridized carbons (Fsp3) is 0.421. The predicted molar refractivity (Wildman–Crippen MR) is 102 cm³/mol. The van der Waals surface area contributed by atoms with Crippen LogP contribution in [0.4, 0.5) is 0 Å². The van der Waals surface area contributed by atoms with Gasteiger partial charge in [-0.1, -0.05) is 19.4 Å². The Kier molecular flexibility index (Phi) is 8.06. The first kappa shape index (κ1) is 20.7. The molecule has 2 aromatic rings. The van der Waals surface area contributed by atoms with Crippen molar-refractivity contribution in [2.45, 2.75) is 39.2 Å². The molecular weight excluding hydrogens is 368 g/mol. The van der Waals surface area contributed by atoms with Crippen LogP contribution in [0.15, 0.2) is 23.6 Å². The van der Waals surface area contributed by atoms with Crippen LogP contribution in [-0.4, -0.2) is 35.7 Å². The minimum absolute atomic E-state index is 0.125. The number of carbonyl (C=O) groups excluding carboxylic acids is 1. The van der Waals surface area contributed by atoms with Crippen molar-refractivity contribution in [1.82, 2.24) is 10.3 Å². The Balaban J connectivity index is 1.86. The summed E-state index contributed by atoms with van der Waals surface area (Å²) in [6, 6.07) is 5.57. The van der Waals surface area contributed by atoms with Crippen LogP contribution in [-0.2, 0) is 29.0 Å². The normalized spacial score (nSPS) is 10.4. The summed E-state index contributed by atoms with van der Waals surface area (Å²) in [4.78, 5) is 26.9. The highest BCUT2D eigenvalue weighted by atomic mass is 32.1. The van der Waals surface area contributed by atoms with E-state index in [4.69, 9.17) is 14.6 Å². The zero-order valence-corrected chi connectivity index (χ0v) is 16.3. The third-order valence-electron chi connectivity index (χ3n) is 3.72. The number of unbranched alkanes of at least 4 members (excludes halogenated alkanes) is 1. The number of amides is 1. The van der Waals surface area contributed by atoms with E-state index in [0.717, 1.165) is 18.4 Å². The van der Waals surface area contributed by atoms with Crippen LogP contribution in [0, 0.1) is 0 Å². The minimum atomic E-state index is -0.938. The van der Waals surface area contributed by atoms with E-state index in [1.54, 1.807) is 12.5 Å². The van der Waals surface area contributed by atoms with Crippen molar-refractivity contribution < 1.29 is 24.2 Å². The fourth-order valence-electron chi connectivity index (χ4n) is 2.33. The number of carboxylic acid groups (broad SMARTS) is 1. The molecule has 0 radical (unpaired) electrons. The average molecular weight is 392 g/mol. The Labute approximate surface area is 162 Å². The van der Waals surface area contributed by atoms with Crippen LogP contribution in [0.3, 0.4) is 0 Å². The summed E-state index contributed by atoms with van der Waals surface area (Å²) in [6.07, 6.45) is 2.03. The van der Waals surface area contributed by atoms with Gasteiger partial charge >= 0.3 is 5.97 Å². The first-order chi connectivity index (χ1) is 13.0. The predicted octanol–water partition coefficient (Wildman–Crippen LogP) is 2.82. The number of carboxylic acids is 1. The second-order valence-corrected chi connectivity index (χ2v) is 6.89. The Bertz CT molecular complexity index is 775. The summed E-state index contributed by atoms with van der Waals surface area (Å²) in [5, 5.41) is 13.9. The van der Waals surface area contributed by atoms with Crippen LogP contribution in [0.2, 0.25) is 0 Å².